The second kappa shape index (κ2) is 17.9. The lowest BCUT2D eigenvalue weighted by Gasteiger charge is -1.99. The fraction of sp³-hybridized carbons (Fsp3) is 0.833. The maximum absolute atomic E-state index is 10.1. The van der Waals surface area contributed by atoms with Crippen LogP contribution in [0.25, 0.3) is 0 Å². The molecule has 0 amide bonds. The van der Waals surface area contributed by atoms with Crippen LogP contribution in [0.15, 0.2) is 12.2 Å². The lowest BCUT2D eigenvalue weighted by atomic mass is 10.1. The van der Waals surface area contributed by atoms with Crippen molar-refractivity contribution in [2.75, 3.05) is 6.54 Å². The van der Waals surface area contributed by atoms with Gasteiger partial charge in [0.15, 0.2) is 6.29 Å². The molecule has 0 rings (SSSR count). The first-order chi connectivity index (χ1) is 10.8. The molecule has 0 atom stereocenters. The maximum atomic E-state index is 10.1. The van der Waals surface area contributed by atoms with Gasteiger partial charge in [0.2, 0.25) is 6.54 Å². The molecule has 4 heteroatoms. The minimum atomic E-state index is -0.228. The fourth-order valence-electron chi connectivity index (χ4n) is 2.44. The minimum absolute atomic E-state index is 0.123. The standard InChI is InChI=1S/C18H32NO3/c20-18-16-14-12-10-8-6-4-2-1-3-5-7-9-11-13-15-17-19(21)22/h1-2H,3-17H2/b2-1-. The van der Waals surface area contributed by atoms with Crippen LogP contribution in [-0.4, -0.2) is 17.8 Å². The van der Waals surface area contributed by atoms with Crippen molar-refractivity contribution in [3.63, 3.8) is 0 Å². The Bertz CT molecular complexity index is 290. The molecule has 0 N–H and O–H groups in total. The van der Waals surface area contributed by atoms with Crippen LogP contribution < -0.4 is 0 Å². The van der Waals surface area contributed by atoms with E-state index in [1.807, 2.05) is 6.29 Å². The summed E-state index contributed by atoms with van der Waals surface area (Å²) in [7, 11) is 0. The van der Waals surface area contributed by atoms with Gasteiger partial charge in [-0.05, 0) is 38.5 Å². The second-order valence-corrected chi connectivity index (χ2v) is 5.89. The van der Waals surface area contributed by atoms with Crippen molar-refractivity contribution in [2.24, 2.45) is 0 Å². The van der Waals surface area contributed by atoms with Gasteiger partial charge >= 0.3 is 0 Å². The van der Waals surface area contributed by atoms with Crippen molar-refractivity contribution in [3.8, 4) is 0 Å². The van der Waals surface area contributed by atoms with Crippen molar-refractivity contribution in [1.29, 1.82) is 0 Å². The first kappa shape index (κ1) is 20.8. The molecule has 0 unspecified atom stereocenters. The van der Waals surface area contributed by atoms with E-state index in [1.54, 1.807) is 0 Å². The summed E-state index contributed by atoms with van der Waals surface area (Å²) in [6.45, 7) is 0.123. The van der Waals surface area contributed by atoms with Gasteiger partial charge in [0.25, 0.3) is 0 Å². The molecule has 0 saturated carbocycles. The molecule has 0 aliphatic heterocycles. The predicted octanol–water partition coefficient (Wildman–Crippen LogP) is 5.39. The highest BCUT2D eigenvalue weighted by molar-refractivity contribution is 5.50. The molecule has 0 aromatic carbocycles. The predicted molar refractivity (Wildman–Crippen MR) is 91.3 cm³/mol. The summed E-state index contributed by atoms with van der Waals surface area (Å²) in [4.78, 5) is 19.9. The molecule has 0 aromatic rings. The van der Waals surface area contributed by atoms with Gasteiger partial charge < -0.3 is 0 Å². The fourth-order valence-corrected chi connectivity index (χ4v) is 2.44. The van der Waals surface area contributed by atoms with E-state index in [0.29, 0.717) is 6.42 Å². The van der Waals surface area contributed by atoms with Gasteiger partial charge in [0.05, 0.1) is 0 Å². The second-order valence-electron chi connectivity index (χ2n) is 5.89. The lowest BCUT2D eigenvalue weighted by Crippen LogP contribution is -1.99. The van der Waals surface area contributed by atoms with Gasteiger partial charge in [-0.1, -0.05) is 50.7 Å². The Balaban J connectivity index is 3.08. The Hall–Kier alpha value is -1.19. The molecule has 0 aliphatic rings. The van der Waals surface area contributed by atoms with Crippen LogP contribution >= 0.6 is 0 Å². The highest BCUT2D eigenvalue weighted by atomic mass is 16.6. The molecular weight excluding hydrogens is 278 g/mol. The molecular formula is C18H32NO3. The summed E-state index contributed by atoms with van der Waals surface area (Å²) >= 11 is 0. The molecule has 4 nitrogen and oxygen atoms in total. The molecule has 0 bridgehead atoms. The summed E-state index contributed by atoms with van der Waals surface area (Å²) in [6.07, 6.45) is 21.8. The maximum Gasteiger partial charge on any atom is 0.203 e. The van der Waals surface area contributed by atoms with E-state index in [4.69, 9.17) is 0 Å². The van der Waals surface area contributed by atoms with E-state index in [0.717, 1.165) is 38.5 Å². The molecule has 0 aromatic heterocycles. The third-order valence-corrected chi connectivity index (χ3v) is 3.78. The van der Waals surface area contributed by atoms with Crippen molar-refractivity contribution in [2.45, 2.75) is 89.9 Å². The largest absolute Gasteiger partial charge is 0.291 e. The number of allylic oxidation sites excluding steroid dienone is 2. The van der Waals surface area contributed by atoms with E-state index in [2.05, 4.69) is 12.2 Å². The molecule has 22 heavy (non-hydrogen) atoms. The number of rotatable bonds is 17. The highest BCUT2D eigenvalue weighted by Gasteiger charge is 1.96. The molecule has 0 aliphatic carbocycles. The van der Waals surface area contributed by atoms with Crippen molar-refractivity contribution in [1.82, 2.24) is 0 Å². The van der Waals surface area contributed by atoms with Gasteiger partial charge in [0, 0.05) is 17.8 Å². The van der Waals surface area contributed by atoms with Gasteiger partial charge in [0.1, 0.15) is 0 Å². The van der Waals surface area contributed by atoms with Crippen LogP contribution in [0.1, 0.15) is 89.9 Å². The summed E-state index contributed by atoms with van der Waals surface area (Å²) in [5.74, 6) is 0. The quantitative estimate of drug-likeness (QED) is 0.157. The number of carbonyl (C=O) groups excluding carboxylic acids is 1. The minimum Gasteiger partial charge on any atom is -0.291 e. The Kier molecular flexibility index (Phi) is 16.9. The zero-order valence-corrected chi connectivity index (χ0v) is 13.9. The van der Waals surface area contributed by atoms with Crippen molar-refractivity contribution in [3.05, 3.63) is 22.3 Å². The smallest absolute Gasteiger partial charge is 0.203 e. The Labute approximate surface area is 135 Å². The van der Waals surface area contributed by atoms with Gasteiger partial charge in [-0.15, -0.1) is 0 Å². The zero-order valence-electron chi connectivity index (χ0n) is 13.9. The first-order valence-electron chi connectivity index (χ1n) is 8.89. The molecule has 0 saturated heterocycles. The van der Waals surface area contributed by atoms with Crippen LogP contribution in [0.3, 0.4) is 0 Å². The molecule has 127 valence electrons. The highest BCUT2D eigenvalue weighted by Crippen LogP contribution is 2.09. The van der Waals surface area contributed by atoms with E-state index in [1.165, 1.54) is 44.9 Å². The van der Waals surface area contributed by atoms with E-state index < -0.39 is 0 Å². The average Bonchev–Trinajstić information content (AvgIpc) is 2.50. The Morgan fingerprint density at radius 3 is 1.68 bits per heavy atom. The first-order valence-corrected chi connectivity index (χ1v) is 8.89. The van der Waals surface area contributed by atoms with E-state index >= 15 is 0 Å². The SMILES string of the molecule is O=[C]CCCCCCC/C=C\CCCCCCCC[N+](=O)[O-]. The normalized spacial score (nSPS) is 11.1. The van der Waals surface area contributed by atoms with Crippen LogP contribution in [0, 0.1) is 10.1 Å². The van der Waals surface area contributed by atoms with Gasteiger partial charge in [-0.3, -0.25) is 14.9 Å². The van der Waals surface area contributed by atoms with E-state index in [9.17, 15) is 14.9 Å². The third-order valence-electron chi connectivity index (χ3n) is 3.78. The van der Waals surface area contributed by atoms with Gasteiger partial charge in [-0.2, -0.15) is 0 Å². The molecule has 1 radical (unpaired) electrons. The summed E-state index contributed by atoms with van der Waals surface area (Å²) in [6, 6.07) is 0. The average molecular weight is 310 g/mol. The van der Waals surface area contributed by atoms with E-state index in [-0.39, 0.29) is 11.5 Å². The van der Waals surface area contributed by atoms with Crippen LogP contribution in [-0.2, 0) is 4.79 Å². The zero-order chi connectivity index (χ0) is 16.3. The molecule has 0 heterocycles. The molecule has 0 fully saturated rings. The van der Waals surface area contributed by atoms with Crippen molar-refractivity contribution >= 4 is 6.29 Å². The number of nitro groups is 1. The number of nitrogens with zero attached hydrogens (tertiary/aromatic N) is 1. The summed E-state index contributed by atoms with van der Waals surface area (Å²) < 4.78 is 0. The van der Waals surface area contributed by atoms with Gasteiger partial charge in [-0.25, -0.2) is 0 Å². The van der Waals surface area contributed by atoms with Crippen molar-refractivity contribution < 1.29 is 9.72 Å². The number of hydrogen-bond donors (Lipinski definition) is 0. The van der Waals surface area contributed by atoms with Crippen LogP contribution in [0.4, 0.5) is 0 Å². The topological polar surface area (TPSA) is 60.2 Å². The van der Waals surface area contributed by atoms with Crippen LogP contribution in [0.2, 0.25) is 0 Å². The number of hydrogen-bond acceptors (Lipinski definition) is 3. The monoisotopic (exact) mass is 310 g/mol. The van der Waals surface area contributed by atoms with Crippen LogP contribution in [0.5, 0.6) is 0 Å². The molecule has 0 spiro atoms. The lowest BCUT2D eigenvalue weighted by molar-refractivity contribution is -0.480. The summed E-state index contributed by atoms with van der Waals surface area (Å²) in [5.41, 5.74) is 0. The third kappa shape index (κ3) is 18.8. The Morgan fingerprint density at radius 1 is 0.727 bits per heavy atom. The number of unbranched alkanes of at least 4 members (excludes halogenated alkanes) is 12. The Morgan fingerprint density at radius 2 is 1.18 bits per heavy atom. The summed E-state index contributed by atoms with van der Waals surface area (Å²) in [5, 5.41) is 10.1.